The van der Waals surface area contributed by atoms with Crippen molar-refractivity contribution in [3.63, 3.8) is 0 Å². The maximum Gasteiger partial charge on any atom is 0.254 e. The highest BCUT2D eigenvalue weighted by atomic mass is 32.2. The average molecular weight is 331 g/mol. The van der Waals surface area contributed by atoms with E-state index in [1.807, 2.05) is 36.6 Å². The summed E-state index contributed by atoms with van der Waals surface area (Å²) in [5, 5.41) is 11.7. The van der Waals surface area contributed by atoms with E-state index in [4.69, 9.17) is 5.26 Å². The van der Waals surface area contributed by atoms with E-state index in [1.165, 1.54) is 0 Å². The zero-order chi connectivity index (χ0) is 15.9. The van der Waals surface area contributed by atoms with Gasteiger partial charge in [0.05, 0.1) is 28.8 Å². The van der Waals surface area contributed by atoms with Crippen LogP contribution in [-0.2, 0) is 5.75 Å². The number of carbonyl (C=O) groups excluding carboxylic acids is 1. The number of carbonyl (C=O) groups is 1. The van der Waals surface area contributed by atoms with Crippen molar-refractivity contribution >= 4 is 29.0 Å². The highest BCUT2D eigenvalue weighted by Gasteiger charge is 2.15. The zero-order valence-electron chi connectivity index (χ0n) is 12.6. The molecule has 4 nitrogen and oxygen atoms in total. The molecule has 0 saturated heterocycles. The molecule has 114 valence electrons. The Hall–Kier alpha value is -1.84. The van der Waals surface area contributed by atoms with E-state index in [1.54, 1.807) is 35.0 Å². The Morgan fingerprint density at radius 3 is 2.91 bits per heavy atom. The van der Waals surface area contributed by atoms with E-state index < -0.39 is 0 Å². The first-order valence-corrected chi connectivity index (χ1v) is 8.73. The molecular weight excluding hydrogens is 314 g/mol. The monoisotopic (exact) mass is 331 g/mol. The summed E-state index contributed by atoms with van der Waals surface area (Å²) in [5.41, 5.74) is 1.72. The first kappa shape index (κ1) is 16.5. The van der Waals surface area contributed by atoms with Crippen LogP contribution in [0.3, 0.4) is 0 Å². The van der Waals surface area contributed by atoms with Crippen LogP contribution in [0.2, 0.25) is 0 Å². The predicted molar refractivity (Wildman–Crippen MR) is 90.0 cm³/mol. The lowest BCUT2D eigenvalue weighted by molar-refractivity contribution is 0.0794. The van der Waals surface area contributed by atoms with Crippen LogP contribution in [0.1, 0.15) is 27.5 Å². The molecule has 0 aliphatic rings. The van der Waals surface area contributed by atoms with Gasteiger partial charge in [0, 0.05) is 29.6 Å². The topological polar surface area (TPSA) is 57.0 Å². The van der Waals surface area contributed by atoms with Gasteiger partial charge in [-0.15, -0.1) is 23.1 Å². The first-order valence-electron chi connectivity index (χ1n) is 6.87. The van der Waals surface area contributed by atoms with E-state index in [0.717, 1.165) is 21.3 Å². The van der Waals surface area contributed by atoms with Crippen LogP contribution in [0.15, 0.2) is 34.5 Å². The number of thiazole rings is 1. The summed E-state index contributed by atoms with van der Waals surface area (Å²) in [5.74, 6) is 0.698. The van der Waals surface area contributed by atoms with Gasteiger partial charge in [-0.1, -0.05) is 12.1 Å². The SMILES string of the molecule is Cc1nc(CSc2ccccc2C(=O)N(C)CCC#N)cs1. The smallest absolute Gasteiger partial charge is 0.254 e. The molecule has 0 fully saturated rings. The maximum absolute atomic E-state index is 12.5. The van der Waals surface area contributed by atoms with Crippen molar-refractivity contribution in [3.05, 3.63) is 45.9 Å². The zero-order valence-corrected chi connectivity index (χ0v) is 14.2. The minimum absolute atomic E-state index is 0.0483. The van der Waals surface area contributed by atoms with Gasteiger partial charge in [0.2, 0.25) is 0 Å². The number of rotatable bonds is 6. The molecule has 0 saturated carbocycles. The van der Waals surface area contributed by atoms with Gasteiger partial charge in [0.25, 0.3) is 5.91 Å². The van der Waals surface area contributed by atoms with Crippen molar-refractivity contribution in [2.45, 2.75) is 24.0 Å². The van der Waals surface area contributed by atoms with Crippen LogP contribution in [0.4, 0.5) is 0 Å². The van der Waals surface area contributed by atoms with Crippen LogP contribution < -0.4 is 0 Å². The molecular formula is C16H17N3OS2. The molecule has 1 aromatic heterocycles. The number of nitrogens with zero attached hydrogens (tertiary/aromatic N) is 3. The van der Waals surface area contributed by atoms with Gasteiger partial charge in [-0.2, -0.15) is 5.26 Å². The van der Waals surface area contributed by atoms with Gasteiger partial charge in [0.15, 0.2) is 0 Å². The second-order valence-corrected chi connectivity index (χ2v) is 6.86. The van der Waals surface area contributed by atoms with Crippen LogP contribution in [-0.4, -0.2) is 29.4 Å². The Balaban J connectivity index is 2.09. The summed E-state index contributed by atoms with van der Waals surface area (Å²) in [6, 6.07) is 9.64. The number of benzene rings is 1. The van der Waals surface area contributed by atoms with Gasteiger partial charge in [-0.05, 0) is 19.1 Å². The fourth-order valence-corrected chi connectivity index (χ4v) is 3.58. The predicted octanol–water partition coefficient (Wildman–Crippen LogP) is 3.73. The Morgan fingerprint density at radius 1 is 1.45 bits per heavy atom. The van der Waals surface area contributed by atoms with Crippen molar-refractivity contribution in [3.8, 4) is 6.07 Å². The standard InChI is InChI=1S/C16H17N3OS2/c1-12-18-13(10-21-12)11-22-15-7-4-3-6-14(15)16(20)19(2)9-5-8-17/h3-4,6-7,10H,5,9,11H2,1-2H3. The van der Waals surface area contributed by atoms with Crippen molar-refractivity contribution in [2.24, 2.45) is 0 Å². The number of hydrogen-bond acceptors (Lipinski definition) is 5. The Kier molecular flexibility index (Phi) is 5.99. The molecule has 2 aromatic rings. The molecule has 0 atom stereocenters. The molecule has 0 N–H and O–H groups in total. The minimum Gasteiger partial charge on any atom is -0.341 e. The Labute approximate surface area is 138 Å². The third kappa shape index (κ3) is 4.33. The molecule has 6 heteroatoms. The van der Waals surface area contributed by atoms with Crippen LogP contribution in [0, 0.1) is 18.3 Å². The molecule has 0 radical (unpaired) electrons. The van der Waals surface area contributed by atoms with E-state index in [9.17, 15) is 4.79 Å². The molecule has 0 bridgehead atoms. The van der Waals surface area contributed by atoms with Crippen LogP contribution in [0.5, 0.6) is 0 Å². The molecule has 0 unspecified atom stereocenters. The fourth-order valence-electron chi connectivity index (χ4n) is 1.92. The summed E-state index contributed by atoms with van der Waals surface area (Å²) >= 11 is 3.25. The number of amides is 1. The normalized spacial score (nSPS) is 10.2. The van der Waals surface area contributed by atoms with Crippen LogP contribution in [0.25, 0.3) is 0 Å². The van der Waals surface area contributed by atoms with Crippen molar-refractivity contribution in [1.29, 1.82) is 5.26 Å². The molecule has 0 aliphatic carbocycles. The summed E-state index contributed by atoms with van der Waals surface area (Å²) in [6.07, 6.45) is 0.343. The van der Waals surface area contributed by atoms with Gasteiger partial charge >= 0.3 is 0 Å². The molecule has 1 aromatic carbocycles. The quantitative estimate of drug-likeness (QED) is 0.757. The highest BCUT2D eigenvalue weighted by Crippen LogP contribution is 2.27. The second-order valence-electron chi connectivity index (χ2n) is 4.78. The molecule has 0 spiro atoms. The third-order valence-electron chi connectivity index (χ3n) is 3.07. The van der Waals surface area contributed by atoms with Crippen LogP contribution >= 0.6 is 23.1 Å². The highest BCUT2D eigenvalue weighted by molar-refractivity contribution is 7.98. The summed E-state index contributed by atoms with van der Waals surface area (Å²) in [6.45, 7) is 2.43. The molecule has 1 heterocycles. The molecule has 22 heavy (non-hydrogen) atoms. The number of aryl methyl sites for hydroxylation is 1. The maximum atomic E-state index is 12.5. The summed E-state index contributed by atoms with van der Waals surface area (Å²) in [7, 11) is 1.73. The van der Waals surface area contributed by atoms with Gasteiger partial charge in [0.1, 0.15) is 0 Å². The molecule has 0 aliphatic heterocycles. The third-order valence-corrected chi connectivity index (χ3v) is 4.99. The minimum atomic E-state index is -0.0483. The first-order chi connectivity index (χ1) is 10.6. The van der Waals surface area contributed by atoms with E-state index in [0.29, 0.717) is 18.5 Å². The number of nitriles is 1. The molecule has 1 amide bonds. The van der Waals surface area contributed by atoms with Gasteiger partial charge in [-0.3, -0.25) is 4.79 Å². The van der Waals surface area contributed by atoms with E-state index in [2.05, 4.69) is 11.1 Å². The fraction of sp³-hybridized carbons (Fsp3) is 0.312. The van der Waals surface area contributed by atoms with Gasteiger partial charge in [-0.25, -0.2) is 4.98 Å². The van der Waals surface area contributed by atoms with Crippen molar-refractivity contribution < 1.29 is 4.79 Å². The Bertz CT molecular complexity index is 691. The molecule has 2 rings (SSSR count). The number of aromatic nitrogens is 1. The van der Waals surface area contributed by atoms with Crippen molar-refractivity contribution in [1.82, 2.24) is 9.88 Å². The number of thioether (sulfide) groups is 1. The average Bonchev–Trinajstić information content (AvgIpc) is 2.95. The largest absolute Gasteiger partial charge is 0.341 e. The summed E-state index contributed by atoms with van der Waals surface area (Å²) in [4.78, 5) is 19.5. The Morgan fingerprint density at radius 2 is 2.23 bits per heavy atom. The number of hydrogen-bond donors (Lipinski definition) is 0. The lowest BCUT2D eigenvalue weighted by Gasteiger charge is -2.17. The second kappa shape index (κ2) is 7.97. The van der Waals surface area contributed by atoms with E-state index in [-0.39, 0.29) is 5.91 Å². The summed E-state index contributed by atoms with van der Waals surface area (Å²) < 4.78 is 0. The lowest BCUT2D eigenvalue weighted by atomic mass is 10.2. The lowest BCUT2D eigenvalue weighted by Crippen LogP contribution is -2.28. The van der Waals surface area contributed by atoms with Crippen molar-refractivity contribution in [2.75, 3.05) is 13.6 Å². The van der Waals surface area contributed by atoms with E-state index >= 15 is 0 Å². The van der Waals surface area contributed by atoms with Gasteiger partial charge < -0.3 is 4.90 Å².